The molecule has 10 aromatic rings. The molecule has 0 atom stereocenters. The number of hydrogen-bond donors (Lipinski definition) is 0. The van der Waals surface area contributed by atoms with E-state index in [0.29, 0.717) is 0 Å². The van der Waals surface area contributed by atoms with E-state index in [1.165, 1.54) is 145 Å². The van der Waals surface area contributed by atoms with Crippen LogP contribution >= 0.6 is 0 Å². The van der Waals surface area contributed by atoms with Crippen molar-refractivity contribution < 1.29 is 0 Å². The minimum atomic E-state index is -0.174. The maximum atomic E-state index is 2.48. The summed E-state index contributed by atoms with van der Waals surface area (Å²) in [6.45, 7) is 23.2. The third-order valence-electron chi connectivity index (χ3n) is 18.9. The van der Waals surface area contributed by atoms with E-state index in [0.717, 1.165) is 12.8 Å². The van der Waals surface area contributed by atoms with E-state index in [1.54, 1.807) is 0 Å². The second kappa shape index (κ2) is 19.8. The molecule has 0 radical (unpaired) electrons. The predicted octanol–water partition coefficient (Wildman–Crippen LogP) is 21.9. The van der Waals surface area contributed by atoms with E-state index in [1.807, 2.05) is 0 Å². The topological polar surface area (TPSA) is 6.48 Å². The molecule has 0 aliphatic heterocycles. The van der Waals surface area contributed by atoms with Crippen molar-refractivity contribution in [2.75, 3.05) is 9.80 Å². The lowest BCUT2D eigenvalue weighted by atomic mass is 9.73. The van der Waals surface area contributed by atoms with Gasteiger partial charge in [0, 0.05) is 50.4 Å². The molecule has 3 aliphatic rings. The van der Waals surface area contributed by atoms with Gasteiger partial charge in [0.15, 0.2) is 0 Å². The molecule has 13 rings (SSSR count). The molecule has 0 fully saturated rings. The Balaban J connectivity index is 0.754. The number of anilines is 6. The van der Waals surface area contributed by atoms with Gasteiger partial charge in [-0.3, -0.25) is 0 Å². The van der Waals surface area contributed by atoms with Crippen LogP contribution in [0.4, 0.5) is 34.1 Å². The number of para-hydroxylation sites is 4. The molecule has 0 spiro atoms. The zero-order valence-electron chi connectivity index (χ0n) is 48.7. The van der Waals surface area contributed by atoms with Crippen LogP contribution in [0.3, 0.4) is 0 Å². The van der Waals surface area contributed by atoms with Crippen LogP contribution in [0.5, 0.6) is 0 Å². The molecule has 0 bridgehead atoms. The minimum absolute atomic E-state index is 0.0647. The van der Waals surface area contributed by atoms with Crippen molar-refractivity contribution in [3.05, 3.63) is 284 Å². The van der Waals surface area contributed by atoms with Crippen molar-refractivity contribution in [2.45, 2.75) is 98.3 Å². The van der Waals surface area contributed by atoms with E-state index in [9.17, 15) is 0 Å². The zero-order valence-corrected chi connectivity index (χ0v) is 48.7. The second-order valence-corrected chi connectivity index (χ2v) is 24.2. The second-order valence-electron chi connectivity index (χ2n) is 24.2. The fourth-order valence-corrected chi connectivity index (χ4v) is 14.2. The van der Waals surface area contributed by atoms with Crippen molar-refractivity contribution in [3.63, 3.8) is 0 Å². The van der Waals surface area contributed by atoms with Gasteiger partial charge >= 0.3 is 0 Å². The molecule has 0 aromatic heterocycles. The largest absolute Gasteiger partial charge is 0.310 e. The molecule has 0 saturated heterocycles. The summed E-state index contributed by atoms with van der Waals surface area (Å²) < 4.78 is 0. The first-order valence-corrected chi connectivity index (χ1v) is 29.3. The number of nitrogens with zero attached hydrogens (tertiary/aromatic N) is 2. The molecule has 0 heterocycles. The molecule has 0 saturated carbocycles. The van der Waals surface area contributed by atoms with Crippen molar-refractivity contribution in [2.24, 2.45) is 0 Å². The van der Waals surface area contributed by atoms with Gasteiger partial charge in [-0.25, -0.2) is 0 Å². The van der Waals surface area contributed by atoms with Crippen LogP contribution in [0.1, 0.15) is 132 Å². The summed E-state index contributed by atoms with van der Waals surface area (Å²) in [5.74, 6) is 0. The highest BCUT2D eigenvalue weighted by Crippen LogP contribution is 2.56. The monoisotopic (exact) mass is 1050 g/mol. The summed E-state index contributed by atoms with van der Waals surface area (Å²) >= 11 is 0. The highest BCUT2D eigenvalue weighted by Gasteiger charge is 2.41. The van der Waals surface area contributed by atoms with Crippen molar-refractivity contribution in [1.82, 2.24) is 0 Å². The van der Waals surface area contributed by atoms with Gasteiger partial charge in [0.05, 0.1) is 0 Å². The smallest absolute Gasteiger partial charge is 0.0490 e. The molecule has 3 aliphatic carbocycles. The zero-order chi connectivity index (χ0) is 56.0. The van der Waals surface area contributed by atoms with Gasteiger partial charge in [0.1, 0.15) is 0 Å². The van der Waals surface area contributed by atoms with Gasteiger partial charge in [-0.15, -0.1) is 0 Å². The van der Waals surface area contributed by atoms with E-state index in [-0.39, 0.29) is 16.2 Å². The predicted molar refractivity (Wildman–Crippen MR) is 347 cm³/mol. The third kappa shape index (κ3) is 8.44. The third-order valence-corrected chi connectivity index (χ3v) is 18.9. The maximum Gasteiger partial charge on any atom is 0.0490 e. The Kier molecular flexibility index (Phi) is 12.7. The molecule has 2 nitrogen and oxygen atoms in total. The number of aryl methyl sites for hydroxylation is 4. The first-order valence-electron chi connectivity index (χ1n) is 29.3. The number of hydrogen-bond acceptors (Lipinski definition) is 2. The Morgan fingerprint density at radius 3 is 0.827 bits per heavy atom. The van der Waals surface area contributed by atoms with Gasteiger partial charge in [0.2, 0.25) is 0 Å². The van der Waals surface area contributed by atoms with E-state index in [4.69, 9.17) is 0 Å². The molecule has 10 aromatic carbocycles. The molecular formula is C79H72N2. The quantitative estimate of drug-likeness (QED) is 0.113. The van der Waals surface area contributed by atoms with Crippen LogP contribution in [-0.4, -0.2) is 0 Å². The highest BCUT2D eigenvalue weighted by molar-refractivity contribution is 5.91. The fraction of sp³-hybridized carbons (Fsp3) is 0.190. The van der Waals surface area contributed by atoms with Crippen LogP contribution in [0.15, 0.2) is 206 Å². The highest BCUT2D eigenvalue weighted by atomic mass is 15.2. The first-order chi connectivity index (χ1) is 39.2. The fourth-order valence-electron chi connectivity index (χ4n) is 14.2. The average molecular weight is 1050 g/mol. The Morgan fingerprint density at radius 1 is 0.296 bits per heavy atom. The number of rotatable bonds is 12. The summed E-state index contributed by atoms with van der Waals surface area (Å²) in [5, 5.41) is 0. The van der Waals surface area contributed by atoms with Gasteiger partial charge in [0.25, 0.3) is 0 Å². The number of fused-ring (bicyclic) bond motifs is 9. The SMILES string of the molecule is CCC1(CC)c2cc(/C=C/c3ccc4c(c3)C(C)(C)c3cc(N(c5ccccc5C)c5ccccc5C)ccc3-4)ccc2-c2ccc(/C=C/c3ccc4c(c3)C(C)(C)c3cc(N(c5ccccc5C)c5ccccc5C)ccc3-4)cc21. The summed E-state index contributed by atoms with van der Waals surface area (Å²) in [4.78, 5) is 4.88. The van der Waals surface area contributed by atoms with Crippen LogP contribution in [0.25, 0.3) is 57.7 Å². The summed E-state index contributed by atoms with van der Waals surface area (Å²) in [5.41, 5.74) is 33.1. The molecule has 81 heavy (non-hydrogen) atoms. The van der Waals surface area contributed by atoms with Crippen LogP contribution in [-0.2, 0) is 16.2 Å². The molecule has 2 heteroatoms. The van der Waals surface area contributed by atoms with E-state index in [2.05, 4.69) is 310 Å². The standard InChI is InChI=1S/C79H72N2/c1-11-79(12-2)71-47-57(31-29-55-33-39-61-63-43-37-59(49-69(63)77(7,8)67(61)45-55)80(73-25-17-13-21-51(73)3)74-26-18-14-22-52(74)4)35-41-65(71)66-42-36-58(48-72(66)79)32-30-56-34-40-62-64-44-38-60(50-70(64)78(9,10)68(62)46-56)81(75-27-19-15-23-53(75)5)76-28-20-16-24-54(76)6/h13-50H,11-12H2,1-10H3/b31-29+,32-30+. The van der Waals surface area contributed by atoms with Crippen molar-refractivity contribution in [3.8, 4) is 33.4 Å². The first kappa shape index (κ1) is 51.7. The van der Waals surface area contributed by atoms with Gasteiger partial charge in [-0.2, -0.15) is 0 Å². The lowest BCUT2D eigenvalue weighted by Gasteiger charge is -2.30. The van der Waals surface area contributed by atoms with Crippen LogP contribution < -0.4 is 9.80 Å². The number of benzene rings is 10. The summed E-state index contributed by atoms with van der Waals surface area (Å²) in [7, 11) is 0. The molecule has 0 N–H and O–H groups in total. The van der Waals surface area contributed by atoms with E-state index >= 15 is 0 Å². The van der Waals surface area contributed by atoms with Gasteiger partial charge < -0.3 is 9.80 Å². The Labute approximate surface area is 481 Å². The Bertz CT molecular complexity index is 3850. The minimum Gasteiger partial charge on any atom is -0.310 e. The van der Waals surface area contributed by atoms with Gasteiger partial charge in [-0.05, 0) is 200 Å². The van der Waals surface area contributed by atoms with Gasteiger partial charge in [-0.1, -0.05) is 224 Å². The Morgan fingerprint density at radius 2 is 0.543 bits per heavy atom. The maximum absolute atomic E-state index is 2.48. The summed E-state index contributed by atoms with van der Waals surface area (Å²) in [6, 6.07) is 77.6. The van der Waals surface area contributed by atoms with Crippen molar-refractivity contribution >= 4 is 58.4 Å². The molecule has 0 unspecified atom stereocenters. The molecular weight excluding hydrogens is 977 g/mol. The normalized spacial score (nSPS) is 14.6. The van der Waals surface area contributed by atoms with Crippen LogP contribution in [0, 0.1) is 27.7 Å². The lowest BCUT2D eigenvalue weighted by molar-refractivity contribution is 0.490. The summed E-state index contributed by atoms with van der Waals surface area (Å²) in [6.07, 6.45) is 11.4. The molecule has 0 amide bonds. The molecule has 398 valence electrons. The van der Waals surface area contributed by atoms with E-state index < -0.39 is 0 Å². The average Bonchev–Trinajstić information content (AvgIpc) is 3.67. The Hall–Kier alpha value is -8.72. The lowest BCUT2D eigenvalue weighted by Crippen LogP contribution is -2.23. The van der Waals surface area contributed by atoms with Crippen LogP contribution in [0.2, 0.25) is 0 Å². The van der Waals surface area contributed by atoms with Crippen molar-refractivity contribution in [1.29, 1.82) is 0 Å².